The van der Waals surface area contributed by atoms with Crippen LogP contribution in [0.5, 0.6) is 5.75 Å². The molecule has 1 fully saturated rings. The van der Waals surface area contributed by atoms with Gasteiger partial charge in [-0.1, -0.05) is 25.0 Å². The van der Waals surface area contributed by atoms with Crippen LogP contribution in [0.2, 0.25) is 0 Å². The van der Waals surface area contributed by atoms with Crippen LogP contribution in [0.4, 0.5) is 16.2 Å². The van der Waals surface area contributed by atoms with E-state index in [-0.39, 0.29) is 24.2 Å². The van der Waals surface area contributed by atoms with E-state index in [1.165, 1.54) is 25.0 Å². The largest absolute Gasteiger partial charge is 0.513 e. The second-order valence-corrected chi connectivity index (χ2v) is 7.24. The molecule has 31 heavy (non-hydrogen) atoms. The Bertz CT molecular complexity index is 947. The summed E-state index contributed by atoms with van der Waals surface area (Å²) >= 11 is 0. The van der Waals surface area contributed by atoms with Crippen molar-refractivity contribution in [1.29, 1.82) is 0 Å². The molecule has 7 heteroatoms. The normalized spacial score (nSPS) is 13.7. The van der Waals surface area contributed by atoms with Crippen molar-refractivity contribution in [3.05, 3.63) is 66.2 Å². The molecule has 0 saturated heterocycles. The number of benzene rings is 2. The van der Waals surface area contributed by atoms with E-state index in [0.717, 1.165) is 12.8 Å². The molecule has 2 aromatic carbocycles. The van der Waals surface area contributed by atoms with Gasteiger partial charge < -0.3 is 20.1 Å². The van der Waals surface area contributed by atoms with Crippen molar-refractivity contribution >= 4 is 29.3 Å². The van der Waals surface area contributed by atoms with E-state index < -0.39 is 6.16 Å². The van der Waals surface area contributed by atoms with Gasteiger partial charge in [-0.2, -0.15) is 0 Å². The van der Waals surface area contributed by atoms with Gasteiger partial charge in [0.1, 0.15) is 5.75 Å². The highest BCUT2D eigenvalue weighted by Crippen LogP contribution is 2.25. The number of carbonyl (C=O) groups is 3. The zero-order valence-corrected chi connectivity index (χ0v) is 17.4. The number of anilines is 2. The fraction of sp³-hybridized carbons (Fsp3) is 0.292. The number of nitrogens with one attached hydrogen (secondary N) is 2. The molecule has 0 aliphatic heterocycles. The molecular formula is C24H26N2O5. The quantitative estimate of drug-likeness (QED) is 0.365. The van der Waals surface area contributed by atoms with Gasteiger partial charge >= 0.3 is 6.16 Å². The van der Waals surface area contributed by atoms with E-state index >= 15 is 0 Å². The molecule has 0 bridgehead atoms. The van der Waals surface area contributed by atoms with Gasteiger partial charge in [0, 0.05) is 16.9 Å². The zero-order chi connectivity index (χ0) is 22.1. The zero-order valence-electron chi connectivity index (χ0n) is 17.4. The summed E-state index contributed by atoms with van der Waals surface area (Å²) < 4.78 is 9.68. The summed E-state index contributed by atoms with van der Waals surface area (Å²) in [7, 11) is 0. The smallest absolute Gasteiger partial charge is 0.434 e. The van der Waals surface area contributed by atoms with Crippen molar-refractivity contribution in [2.75, 3.05) is 17.2 Å². The van der Waals surface area contributed by atoms with Gasteiger partial charge in [-0.25, -0.2) is 4.79 Å². The molecular weight excluding hydrogens is 396 g/mol. The fourth-order valence-electron chi connectivity index (χ4n) is 3.35. The second kappa shape index (κ2) is 11.0. The molecule has 1 aliphatic rings. The summed E-state index contributed by atoms with van der Waals surface area (Å²) in [5, 5.41) is 5.61. The SMILES string of the molecule is CCOC(=O)Oc1ccc(C(=O)Nc2cccc(NC(=O)/C=C/C3CCCC3)c2)cc1. The summed E-state index contributed by atoms with van der Waals surface area (Å²) in [4.78, 5) is 36.0. The van der Waals surface area contributed by atoms with E-state index in [4.69, 9.17) is 9.47 Å². The average Bonchev–Trinajstić information content (AvgIpc) is 3.27. The molecule has 0 unspecified atom stereocenters. The number of rotatable bonds is 7. The molecule has 0 atom stereocenters. The van der Waals surface area contributed by atoms with Crippen LogP contribution in [-0.2, 0) is 9.53 Å². The molecule has 2 N–H and O–H groups in total. The van der Waals surface area contributed by atoms with Gasteiger partial charge in [-0.15, -0.1) is 0 Å². The monoisotopic (exact) mass is 422 g/mol. The Balaban J connectivity index is 1.55. The van der Waals surface area contributed by atoms with Gasteiger partial charge in [0.15, 0.2) is 0 Å². The van der Waals surface area contributed by atoms with E-state index in [9.17, 15) is 14.4 Å². The lowest BCUT2D eigenvalue weighted by Crippen LogP contribution is -2.13. The minimum Gasteiger partial charge on any atom is -0.434 e. The van der Waals surface area contributed by atoms with E-state index in [1.807, 2.05) is 6.08 Å². The molecule has 0 spiro atoms. The molecule has 162 valence electrons. The van der Waals surface area contributed by atoms with Crippen LogP contribution in [-0.4, -0.2) is 24.6 Å². The van der Waals surface area contributed by atoms with Gasteiger partial charge in [-0.3, -0.25) is 9.59 Å². The first kappa shape index (κ1) is 22.1. The first-order valence-electron chi connectivity index (χ1n) is 10.4. The molecule has 2 amide bonds. The van der Waals surface area contributed by atoms with Crippen molar-refractivity contribution in [2.45, 2.75) is 32.6 Å². The van der Waals surface area contributed by atoms with Gasteiger partial charge in [0.05, 0.1) is 6.61 Å². The molecule has 2 aromatic rings. The number of carbonyl (C=O) groups excluding carboxylic acids is 3. The molecule has 0 aromatic heterocycles. The number of amides is 2. The van der Waals surface area contributed by atoms with Crippen molar-refractivity contribution in [3.8, 4) is 5.75 Å². The maximum Gasteiger partial charge on any atom is 0.513 e. The number of allylic oxidation sites excluding steroid dienone is 1. The van der Waals surface area contributed by atoms with Crippen molar-refractivity contribution in [1.82, 2.24) is 0 Å². The maximum absolute atomic E-state index is 12.5. The minimum atomic E-state index is -0.795. The van der Waals surface area contributed by atoms with E-state index in [2.05, 4.69) is 10.6 Å². The number of hydrogen-bond acceptors (Lipinski definition) is 5. The average molecular weight is 422 g/mol. The summed E-state index contributed by atoms with van der Waals surface area (Å²) in [6.45, 7) is 1.90. The van der Waals surface area contributed by atoms with Crippen LogP contribution in [0, 0.1) is 5.92 Å². The maximum atomic E-state index is 12.5. The Kier molecular flexibility index (Phi) is 7.81. The van der Waals surface area contributed by atoms with E-state index in [0.29, 0.717) is 22.9 Å². The van der Waals surface area contributed by atoms with Crippen molar-refractivity contribution in [2.24, 2.45) is 5.92 Å². The van der Waals surface area contributed by atoms with Crippen LogP contribution in [0.1, 0.15) is 43.0 Å². The highest BCUT2D eigenvalue weighted by atomic mass is 16.7. The van der Waals surface area contributed by atoms with Crippen LogP contribution in [0.15, 0.2) is 60.7 Å². The van der Waals surface area contributed by atoms with Crippen molar-refractivity contribution in [3.63, 3.8) is 0 Å². The predicted molar refractivity (Wildman–Crippen MR) is 118 cm³/mol. The third-order valence-electron chi connectivity index (χ3n) is 4.89. The summed E-state index contributed by atoms with van der Waals surface area (Å²) in [6.07, 6.45) is 7.49. The third-order valence-corrected chi connectivity index (χ3v) is 4.89. The van der Waals surface area contributed by atoms with Crippen molar-refractivity contribution < 1.29 is 23.9 Å². The van der Waals surface area contributed by atoms with Gasteiger partial charge in [0.25, 0.3) is 5.91 Å². The fourth-order valence-corrected chi connectivity index (χ4v) is 3.35. The first-order valence-corrected chi connectivity index (χ1v) is 10.4. The van der Waals surface area contributed by atoms with Gasteiger partial charge in [-0.05, 0) is 74.2 Å². The predicted octanol–water partition coefficient (Wildman–Crippen LogP) is 5.16. The Labute approximate surface area is 181 Å². The second-order valence-electron chi connectivity index (χ2n) is 7.24. The lowest BCUT2D eigenvalue weighted by atomic mass is 10.1. The molecule has 0 heterocycles. The van der Waals surface area contributed by atoms with Crippen LogP contribution < -0.4 is 15.4 Å². The Hall–Kier alpha value is -3.61. The topological polar surface area (TPSA) is 93.7 Å². The van der Waals surface area contributed by atoms with Crippen LogP contribution in [0.3, 0.4) is 0 Å². The summed E-state index contributed by atoms with van der Waals surface area (Å²) in [5.41, 5.74) is 1.54. The third kappa shape index (κ3) is 6.99. The summed E-state index contributed by atoms with van der Waals surface area (Å²) in [5.74, 6) is 0.260. The molecule has 7 nitrogen and oxygen atoms in total. The Morgan fingerprint density at radius 2 is 1.68 bits per heavy atom. The number of ether oxygens (including phenoxy) is 2. The lowest BCUT2D eigenvalue weighted by Gasteiger charge is -2.09. The highest BCUT2D eigenvalue weighted by Gasteiger charge is 2.12. The minimum absolute atomic E-state index is 0.187. The summed E-state index contributed by atoms with van der Waals surface area (Å²) in [6, 6.07) is 13.1. The van der Waals surface area contributed by atoms with E-state index in [1.54, 1.807) is 49.4 Å². The number of hydrogen-bond donors (Lipinski definition) is 2. The molecule has 1 aliphatic carbocycles. The van der Waals surface area contributed by atoms with Crippen LogP contribution >= 0.6 is 0 Å². The highest BCUT2D eigenvalue weighted by molar-refractivity contribution is 6.05. The first-order chi connectivity index (χ1) is 15.0. The Morgan fingerprint density at radius 3 is 2.35 bits per heavy atom. The molecule has 1 saturated carbocycles. The Morgan fingerprint density at radius 1 is 1.00 bits per heavy atom. The van der Waals surface area contributed by atoms with Gasteiger partial charge in [0.2, 0.25) is 5.91 Å². The molecule has 3 rings (SSSR count). The standard InChI is InChI=1S/C24H26N2O5/c1-2-30-24(29)31-21-13-11-18(12-14-21)23(28)26-20-9-5-8-19(16-20)25-22(27)15-10-17-6-3-4-7-17/h5,8-17H,2-4,6-7H2,1H3,(H,25,27)(H,26,28)/b15-10+. The molecule has 0 radical (unpaired) electrons. The lowest BCUT2D eigenvalue weighted by molar-refractivity contribution is -0.111. The van der Waals surface area contributed by atoms with Crippen LogP contribution in [0.25, 0.3) is 0 Å².